The molecule has 2 amide bonds. The fourth-order valence-electron chi connectivity index (χ4n) is 2.37. The fraction of sp³-hybridized carbons (Fsp3) is 0.0556. The Kier molecular flexibility index (Phi) is 4.67. The number of hydrogen-bond acceptors (Lipinski definition) is 4. The molecule has 1 aliphatic rings. The molecule has 0 saturated carbocycles. The van der Waals surface area contributed by atoms with Crippen molar-refractivity contribution in [2.24, 2.45) is 0 Å². The van der Waals surface area contributed by atoms with Crippen LogP contribution in [-0.4, -0.2) is 27.1 Å². The molecule has 5 nitrogen and oxygen atoms in total. The van der Waals surface area contributed by atoms with E-state index in [1.165, 1.54) is 36.4 Å². The molecule has 1 N–H and O–H groups in total. The van der Waals surface area contributed by atoms with E-state index in [1.807, 2.05) is 0 Å². The summed E-state index contributed by atoms with van der Waals surface area (Å²) in [5.74, 6) is -2.01. The van der Waals surface area contributed by atoms with Gasteiger partial charge in [0.2, 0.25) is 0 Å². The van der Waals surface area contributed by atoms with Gasteiger partial charge in [0, 0.05) is 0 Å². The maximum absolute atomic E-state index is 13.0. The molecular weight excluding hydrogens is 345 g/mol. The van der Waals surface area contributed by atoms with Gasteiger partial charge in [0.1, 0.15) is 5.82 Å². The number of imide groups is 1. The lowest BCUT2D eigenvalue weighted by Crippen LogP contribution is -2.27. The molecule has 2 aromatic carbocycles. The second-order valence-corrected chi connectivity index (χ2v) is 6.28. The van der Waals surface area contributed by atoms with Crippen LogP contribution in [0, 0.1) is 5.82 Å². The zero-order valence-electron chi connectivity index (χ0n) is 12.8. The van der Waals surface area contributed by atoms with Crippen LogP contribution in [0.3, 0.4) is 0 Å². The van der Waals surface area contributed by atoms with Crippen molar-refractivity contribution in [3.63, 3.8) is 0 Å². The maximum Gasteiger partial charge on any atom is 0.336 e. The third-order valence-electron chi connectivity index (χ3n) is 3.61. The second-order valence-electron chi connectivity index (χ2n) is 5.29. The molecule has 7 heteroatoms. The van der Waals surface area contributed by atoms with E-state index in [4.69, 9.17) is 0 Å². The van der Waals surface area contributed by atoms with Crippen LogP contribution in [0.1, 0.15) is 21.5 Å². The standard InChI is InChI=1S/C18H12FNO4S/c19-13-7-5-11(6-8-13)10-20-16(21)15(25-18(20)24)9-12-3-1-2-4-14(12)17(22)23/h1-9H,10H2,(H,22,23)/b15-9+. The summed E-state index contributed by atoms with van der Waals surface area (Å²) in [5.41, 5.74) is 1.02. The third kappa shape index (κ3) is 3.61. The lowest BCUT2D eigenvalue weighted by Gasteiger charge is -2.12. The number of thioether (sulfide) groups is 1. The number of nitrogens with zero attached hydrogens (tertiary/aromatic N) is 1. The Morgan fingerprint density at radius 3 is 2.48 bits per heavy atom. The van der Waals surface area contributed by atoms with E-state index in [-0.39, 0.29) is 17.0 Å². The zero-order chi connectivity index (χ0) is 18.0. The Balaban J connectivity index is 1.86. The predicted molar refractivity (Wildman–Crippen MR) is 91.3 cm³/mol. The smallest absolute Gasteiger partial charge is 0.336 e. The van der Waals surface area contributed by atoms with Gasteiger partial charge in [-0.1, -0.05) is 30.3 Å². The molecule has 2 aromatic rings. The Morgan fingerprint density at radius 2 is 1.80 bits per heavy atom. The van der Waals surface area contributed by atoms with Crippen LogP contribution in [0.25, 0.3) is 6.08 Å². The van der Waals surface area contributed by atoms with Crippen molar-refractivity contribution in [3.05, 3.63) is 75.9 Å². The average Bonchev–Trinajstić information content (AvgIpc) is 2.84. The van der Waals surface area contributed by atoms with E-state index in [9.17, 15) is 23.9 Å². The van der Waals surface area contributed by atoms with E-state index in [2.05, 4.69) is 0 Å². The highest BCUT2D eigenvalue weighted by Crippen LogP contribution is 2.33. The molecule has 0 radical (unpaired) electrons. The number of carbonyl (C=O) groups excluding carboxylic acids is 2. The van der Waals surface area contributed by atoms with Gasteiger partial charge in [-0.3, -0.25) is 14.5 Å². The molecule has 1 fully saturated rings. The average molecular weight is 357 g/mol. The van der Waals surface area contributed by atoms with Crippen LogP contribution in [0.2, 0.25) is 0 Å². The number of carboxylic acids is 1. The Labute approximate surface area is 146 Å². The van der Waals surface area contributed by atoms with E-state index >= 15 is 0 Å². The second kappa shape index (κ2) is 6.90. The van der Waals surface area contributed by atoms with Crippen molar-refractivity contribution < 1.29 is 23.9 Å². The highest BCUT2D eigenvalue weighted by molar-refractivity contribution is 8.18. The zero-order valence-corrected chi connectivity index (χ0v) is 13.6. The molecule has 126 valence electrons. The van der Waals surface area contributed by atoms with Crippen LogP contribution in [0.15, 0.2) is 53.4 Å². The van der Waals surface area contributed by atoms with E-state index < -0.39 is 22.9 Å². The SMILES string of the molecule is O=C(O)c1ccccc1/C=C1/SC(=O)N(Cc2ccc(F)cc2)C1=O. The van der Waals surface area contributed by atoms with Crippen LogP contribution in [-0.2, 0) is 11.3 Å². The number of rotatable bonds is 4. The molecule has 1 heterocycles. The minimum Gasteiger partial charge on any atom is -0.478 e. The number of benzene rings is 2. The number of amides is 2. The molecular formula is C18H12FNO4S. The Hall–Kier alpha value is -2.93. The molecule has 1 saturated heterocycles. The van der Waals surface area contributed by atoms with Crippen molar-refractivity contribution in [1.82, 2.24) is 4.90 Å². The molecule has 3 rings (SSSR count). The molecule has 0 bridgehead atoms. The van der Waals surface area contributed by atoms with E-state index in [1.54, 1.807) is 18.2 Å². The number of hydrogen-bond donors (Lipinski definition) is 1. The molecule has 0 aliphatic carbocycles. The minimum absolute atomic E-state index is 0.0306. The van der Waals surface area contributed by atoms with E-state index in [0.29, 0.717) is 11.1 Å². The molecule has 0 aromatic heterocycles. The summed E-state index contributed by atoms with van der Waals surface area (Å²) in [5, 5.41) is 8.75. The van der Waals surface area contributed by atoms with Gasteiger partial charge in [0.25, 0.3) is 11.1 Å². The molecule has 25 heavy (non-hydrogen) atoms. The summed E-state index contributed by atoms with van der Waals surface area (Å²) in [6.07, 6.45) is 1.40. The Morgan fingerprint density at radius 1 is 1.12 bits per heavy atom. The van der Waals surface area contributed by atoms with Crippen LogP contribution in [0.4, 0.5) is 9.18 Å². The fourth-order valence-corrected chi connectivity index (χ4v) is 3.20. The van der Waals surface area contributed by atoms with Gasteiger partial charge in [-0.05, 0) is 47.2 Å². The molecule has 0 atom stereocenters. The summed E-state index contributed by atoms with van der Waals surface area (Å²) >= 11 is 0.751. The predicted octanol–water partition coefficient (Wildman–Crippen LogP) is 3.76. The molecule has 1 aliphatic heterocycles. The first-order valence-electron chi connectivity index (χ1n) is 7.28. The largest absolute Gasteiger partial charge is 0.478 e. The first-order valence-corrected chi connectivity index (χ1v) is 8.09. The Bertz CT molecular complexity index is 892. The first kappa shape index (κ1) is 16.9. The van der Waals surface area contributed by atoms with Gasteiger partial charge in [-0.2, -0.15) is 0 Å². The van der Waals surface area contributed by atoms with Crippen LogP contribution < -0.4 is 0 Å². The van der Waals surface area contributed by atoms with Gasteiger partial charge in [0.15, 0.2) is 0 Å². The summed E-state index contributed by atoms with van der Waals surface area (Å²) in [4.78, 5) is 37.0. The normalized spacial score (nSPS) is 15.9. The summed E-state index contributed by atoms with van der Waals surface area (Å²) in [7, 11) is 0. The van der Waals surface area contributed by atoms with Gasteiger partial charge < -0.3 is 5.11 Å². The first-order chi connectivity index (χ1) is 12.0. The number of carboxylic acid groups (broad SMARTS) is 1. The molecule has 0 unspecified atom stereocenters. The number of carbonyl (C=O) groups is 3. The highest BCUT2D eigenvalue weighted by atomic mass is 32.2. The minimum atomic E-state index is -1.11. The number of halogens is 1. The maximum atomic E-state index is 13.0. The lowest BCUT2D eigenvalue weighted by molar-refractivity contribution is -0.123. The van der Waals surface area contributed by atoms with Crippen molar-refractivity contribution in [1.29, 1.82) is 0 Å². The topological polar surface area (TPSA) is 74.7 Å². The van der Waals surface area contributed by atoms with Gasteiger partial charge in [-0.25, -0.2) is 9.18 Å². The van der Waals surface area contributed by atoms with Crippen molar-refractivity contribution in [3.8, 4) is 0 Å². The van der Waals surface area contributed by atoms with Gasteiger partial charge in [0.05, 0.1) is 17.0 Å². The summed E-state index contributed by atoms with van der Waals surface area (Å²) in [6, 6.07) is 11.8. The van der Waals surface area contributed by atoms with Crippen molar-refractivity contribution in [2.75, 3.05) is 0 Å². The summed E-state index contributed by atoms with van der Waals surface area (Å²) in [6.45, 7) is 0.0306. The molecule has 0 spiro atoms. The summed E-state index contributed by atoms with van der Waals surface area (Å²) < 4.78 is 13.0. The lowest BCUT2D eigenvalue weighted by atomic mass is 10.1. The van der Waals surface area contributed by atoms with E-state index in [0.717, 1.165) is 16.7 Å². The van der Waals surface area contributed by atoms with Crippen LogP contribution >= 0.6 is 11.8 Å². The van der Waals surface area contributed by atoms with Crippen molar-refractivity contribution in [2.45, 2.75) is 6.54 Å². The van der Waals surface area contributed by atoms with Crippen molar-refractivity contribution >= 4 is 35.0 Å². The van der Waals surface area contributed by atoms with Gasteiger partial charge in [-0.15, -0.1) is 0 Å². The van der Waals surface area contributed by atoms with Gasteiger partial charge >= 0.3 is 5.97 Å². The third-order valence-corrected chi connectivity index (χ3v) is 4.51. The quantitative estimate of drug-likeness (QED) is 0.844. The monoisotopic (exact) mass is 357 g/mol. The highest BCUT2D eigenvalue weighted by Gasteiger charge is 2.35. The van der Waals surface area contributed by atoms with Crippen LogP contribution in [0.5, 0.6) is 0 Å². The number of aromatic carboxylic acids is 1.